The lowest BCUT2D eigenvalue weighted by molar-refractivity contribution is 0.0640. The number of fused-ring (bicyclic) bond motifs is 1. The van der Waals surface area contributed by atoms with E-state index < -0.39 is 6.17 Å². The number of aliphatic hydroxyl groups excluding tert-OH is 1. The summed E-state index contributed by atoms with van der Waals surface area (Å²) in [6.45, 7) is 3.09. The Morgan fingerprint density at radius 3 is 2.80 bits per heavy atom. The summed E-state index contributed by atoms with van der Waals surface area (Å²) in [4.78, 5) is 8.06. The molecule has 3 aromatic rings. The Balaban J connectivity index is 1.25. The fourth-order valence-corrected chi connectivity index (χ4v) is 5.98. The zero-order valence-corrected chi connectivity index (χ0v) is 21.8. The van der Waals surface area contributed by atoms with Crippen LogP contribution in [0.1, 0.15) is 37.4 Å². The number of hydrogen-bond acceptors (Lipinski definition) is 5. The maximum absolute atomic E-state index is 15.4. The third-order valence-corrected chi connectivity index (χ3v) is 8.37. The number of piperidine rings is 1. The van der Waals surface area contributed by atoms with E-state index in [2.05, 4.69) is 22.0 Å². The Morgan fingerprint density at radius 2 is 2.03 bits per heavy atom. The molecule has 2 aromatic carbocycles. The van der Waals surface area contributed by atoms with E-state index in [9.17, 15) is 5.11 Å². The fourth-order valence-electron chi connectivity index (χ4n) is 5.02. The quantitative estimate of drug-likeness (QED) is 0.224. The van der Waals surface area contributed by atoms with Crippen molar-refractivity contribution in [2.24, 2.45) is 11.8 Å². The van der Waals surface area contributed by atoms with Crippen LogP contribution < -0.4 is 4.74 Å². The molecule has 1 aliphatic rings. The maximum Gasteiger partial charge on any atom is 0.126 e. The van der Waals surface area contributed by atoms with E-state index in [1.165, 1.54) is 4.90 Å². The molecule has 7 heteroatoms. The molecule has 4 nitrogen and oxygen atoms in total. The number of methoxy groups -OCH3 is 1. The molecule has 1 aromatic heterocycles. The van der Waals surface area contributed by atoms with E-state index in [1.54, 1.807) is 19.4 Å². The summed E-state index contributed by atoms with van der Waals surface area (Å²) in [5, 5.41) is 11.6. The van der Waals surface area contributed by atoms with Gasteiger partial charge in [0.25, 0.3) is 0 Å². The van der Waals surface area contributed by atoms with Gasteiger partial charge in [-0.2, -0.15) is 0 Å². The van der Waals surface area contributed by atoms with Crippen molar-refractivity contribution in [3.8, 4) is 5.75 Å². The van der Waals surface area contributed by atoms with Gasteiger partial charge in [0.05, 0.1) is 12.6 Å². The van der Waals surface area contributed by atoms with Crippen LogP contribution in [0.4, 0.5) is 4.39 Å². The SMILES string of the molecule is COc1ccc2nccc(C(F)CC[C@@H]3CCN(CCCSc4ccc(Cl)cc4)C[C@@H]3CO)c2c1. The number of halogens is 2. The first-order valence-corrected chi connectivity index (χ1v) is 13.7. The second kappa shape index (κ2) is 12.9. The largest absolute Gasteiger partial charge is 0.497 e. The number of alkyl halides is 1. The first-order valence-electron chi connectivity index (χ1n) is 12.4. The normalized spacial score (nSPS) is 19.7. The van der Waals surface area contributed by atoms with E-state index in [0.717, 1.165) is 60.6 Å². The summed E-state index contributed by atoms with van der Waals surface area (Å²) in [5.74, 6) is 2.31. The van der Waals surface area contributed by atoms with Crippen LogP contribution in [0.25, 0.3) is 10.9 Å². The molecule has 1 saturated heterocycles. The number of likely N-dealkylation sites (tertiary alicyclic amines) is 1. The minimum atomic E-state index is -1.06. The summed E-state index contributed by atoms with van der Waals surface area (Å²) in [7, 11) is 1.62. The fraction of sp³-hybridized carbons (Fsp3) is 0.464. The predicted octanol–water partition coefficient (Wildman–Crippen LogP) is 6.80. The molecule has 0 saturated carbocycles. The van der Waals surface area contributed by atoms with Crippen LogP contribution in [0.15, 0.2) is 59.6 Å². The number of hydrogen-bond donors (Lipinski definition) is 1. The van der Waals surface area contributed by atoms with Gasteiger partial charge in [0.2, 0.25) is 0 Å². The van der Waals surface area contributed by atoms with Gasteiger partial charge in [-0.15, -0.1) is 11.8 Å². The Hall–Kier alpha value is -1.86. The van der Waals surface area contributed by atoms with E-state index in [0.29, 0.717) is 23.7 Å². The second-order valence-corrected chi connectivity index (χ2v) is 10.9. The first-order chi connectivity index (χ1) is 17.1. The van der Waals surface area contributed by atoms with Gasteiger partial charge in [0.1, 0.15) is 11.9 Å². The van der Waals surface area contributed by atoms with Gasteiger partial charge >= 0.3 is 0 Å². The maximum atomic E-state index is 15.4. The molecule has 4 rings (SSSR count). The van der Waals surface area contributed by atoms with Crippen molar-refractivity contribution in [2.75, 3.05) is 39.1 Å². The molecule has 0 aliphatic carbocycles. The standard InChI is InChI=1S/C28H34ClFN2O2S/c1-34-23-6-10-28-26(17-23)25(11-13-31-28)27(30)9-3-20-12-15-32(18-21(20)19-33)14-2-16-35-24-7-4-22(29)5-8-24/h4-8,10-11,13,17,20-21,27,33H,2-3,9,12,14-16,18-19H2,1H3/t20-,21-,27?/m1/s1. The number of benzene rings is 2. The van der Waals surface area contributed by atoms with Crippen molar-refractivity contribution in [2.45, 2.75) is 36.8 Å². The highest BCUT2D eigenvalue weighted by atomic mass is 35.5. The molecular formula is C28H34ClFN2O2S. The number of ether oxygens (including phenoxy) is 1. The van der Waals surface area contributed by atoms with Crippen molar-refractivity contribution in [1.29, 1.82) is 0 Å². The van der Waals surface area contributed by atoms with Crippen molar-refractivity contribution in [3.05, 3.63) is 65.3 Å². The Labute approximate surface area is 216 Å². The average molecular weight is 517 g/mol. The van der Waals surface area contributed by atoms with E-state index in [1.807, 2.05) is 42.1 Å². The van der Waals surface area contributed by atoms with Crippen LogP contribution in [-0.2, 0) is 0 Å². The van der Waals surface area contributed by atoms with Crippen LogP contribution in [0.2, 0.25) is 5.02 Å². The molecule has 1 aliphatic heterocycles. The Bertz CT molecular complexity index is 1080. The molecule has 0 bridgehead atoms. The minimum Gasteiger partial charge on any atom is -0.497 e. The van der Waals surface area contributed by atoms with Gasteiger partial charge in [-0.25, -0.2) is 4.39 Å². The van der Waals surface area contributed by atoms with Crippen LogP contribution in [0, 0.1) is 11.8 Å². The molecule has 1 N–H and O–H groups in total. The average Bonchev–Trinajstić information content (AvgIpc) is 2.90. The molecule has 2 heterocycles. The third kappa shape index (κ3) is 7.10. The van der Waals surface area contributed by atoms with Crippen molar-refractivity contribution >= 4 is 34.3 Å². The van der Waals surface area contributed by atoms with Gasteiger partial charge in [0, 0.05) is 34.7 Å². The highest BCUT2D eigenvalue weighted by Crippen LogP contribution is 2.35. The Kier molecular flexibility index (Phi) is 9.67. The van der Waals surface area contributed by atoms with Gasteiger partial charge < -0.3 is 14.7 Å². The number of thioether (sulfide) groups is 1. The van der Waals surface area contributed by atoms with E-state index in [4.69, 9.17) is 16.3 Å². The lowest BCUT2D eigenvalue weighted by Gasteiger charge is -2.38. The number of aromatic nitrogens is 1. The van der Waals surface area contributed by atoms with Crippen molar-refractivity contribution in [3.63, 3.8) is 0 Å². The number of pyridine rings is 1. The van der Waals surface area contributed by atoms with E-state index in [-0.39, 0.29) is 12.5 Å². The van der Waals surface area contributed by atoms with Gasteiger partial charge in [0.15, 0.2) is 0 Å². The molecule has 0 spiro atoms. The van der Waals surface area contributed by atoms with E-state index >= 15 is 4.39 Å². The highest BCUT2D eigenvalue weighted by molar-refractivity contribution is 7.99. The van der Waals surface area contributed by atoms with Crippen LogP contribution >= 0.6 is 23.4 Å². The molecule has 0 radical (unpaired) electrons. The number of nitrogens with zero attached hydrogens (tertiary/aromatic N) is 2. The molecule has 3 atom stereocenters. The van der Waals surface area contributed by atoms with Crippen LogP contribution in [0.3, 0.4) is 0 Å². The summed E-state index contributed by atoms with van der Waals surface area (Å²) >= 11 is 7.80. The zero-order chi connectivity index (χ0) is 24.6. The molecule has 1 unspecified atom stereocenters. The van der Waals surface area contributed by atoms with Gasteiger partial charge in [-0.3, -0.25) is 4.98 Å². The monoisotopic (exact) mass is 516 g/mol. The van der Waals surface area contributed by atoms with Gasteiger partial charge in [-0.05, 0) is 110 Å². The summed E-state index contributed by atoms with van der Waals surface area (Å²) < 4.78 is 20.7. The first kappa shape index (κ1) is 26.2. The topological polar surface area (TPSA) is 45.6 Å². The lowest BCUT2D eigenvalue weighted by atomic mass is 9.81. The molecule has 188 valence electrons. The zero-order valence-electron chi connectivity index (χ0n) is 20.2. The molecular weight excluding hydrogens is 483 g/mol. The predicted molar refractivity (Wildman–Crippen MR) is 143 cm³/mol. The summed E-state index contributed by atoms with van der Waals surface area (Å²) in [5.41, 5.74) is 1.45. The number of rotatable bonds is 11. The van der Waals surface area contributed by atoms with Crippen molar-refractivity contribution in [1.82, 2.24) is 9.88 Å². The number of aliphatic hydroxyl groups is 1. The van der Waals surface area contributed by atoms with Crippen molar-refractivity contribution < 1.29 is 14.2 Å². The Morgan fingerprint density at radius 1 is 1.20 bits per heavy atom. The molecule has 1 fully saturated rings. The summed E-state index contributed by atoms with van der Waals surface area (Å²) in [6.07, 6.45) is 3.95. The van der Waals surface area contributed by atoms with Crippen LogP contribution in [-0.4, -0.2) is 54.1 Å². The minimum absolute atomic E-state index is 0.160. The molecule has 35 heavy (non-hydrogen) atoms. The summed E-state index contributed by atoms with van der Waals surface area (Å²) in [6, 6.07) is 15.3. The lowest BCUT2D eigenvalue weighted by Crippen LogP contribution is -2.42. The van der Waals surface area contributed by atoms with Crippen LogP contribution in [0.5, 0.6) is 5.75 Å². The highest BCUT2D eigenvalue weighted by Gasteiger charge is 2.29. The third-order valence-electron chi connectivity index (χ3n) is 7.02. The van der Waals surface area contributed by atoms with Gasteiger partial charge in [-0.1, -0.05) is 11.6 Å². The molecule has 0 amide bonds. The smallest absolute Gasteiger partial charge is 0.126 e. The second-order valence-electron chi connectivity index (χ2n) is 9.28.